The molecule has 0 aliphatic heterocycles. The lowest BCUT2D eigenvalue weighted by atomic mass is 10.6. The van der Waals surface area contributed by atoms with Crippen molar-refractivity contribution in [3.63, 3.8) is 0 Å². The molecule has 1 N–H and O–H groups in total. The van der Waals surface area contributed by atoms with E-state index < -0.39 is 18.5 Å². The third-order valence-electron chi connectivity index (χ3n) is 1.08. The maximum atomic E-state index is 10.8. The molecule has 0 spiro atoms. The quantitative estimate of drug-likeness (QED) is 0.551. The van der Waals surface area contributed by atoms with Gasteiger partial charge in [-0.2, -0.15) is 0 Å². The van der Waals surface area contributed by atoms with Crippen LogP contribution >= 0.6 is 0 Å². The van der Waals surface area contributed by atoms with Crippen LogP contribution in [0.1, 0.15) is 0 Å². The maximum Gasteiger partial charge on any atom is 0.329 e. The highest BCUT2D eigenvalue weighted by atomic mass is 16.7. The molecule has 0 aromatic rings. The van der Waals surface area contributed by atoms with E-state index in [2.05, 4.69) is 9.57 Å². The minimum atomic E-state index is -1.11. The van der Waals surface area contributed by atoms with Crippen LogP contribution in [0.2, 0.25) is 0 Å². The molecule has 0 aromatic carbocycles. The zero-order valence-electron chi connectivity index (χ0n) is 6.94. The SMILES string of the molecule is CON(C)C(=O)COCC(=O)O. The van der Waals surface area contributed by atoms with E-state index in [4.69, 9.17) is 5.11 Å². The molecule has 0 unspecified atom stereocenters. The zero-order chi connectivity index (χ0) is 9.56. The molecule has 70 valence electrons. The number of likely N-dealkylation sites (N-methyl/N-ethyl adjacent to an activating group) is 1. The monoisotopic (exact) mass is 177 g/mol. The van der Waals surface area contributed by atoms with Crippen LogP contribution in [0.25, 0.3) is 0 Å². The van der Waals surface area contributed by atoms with Gasteiger partial charge in [0, 0.05) is 7.05 Å². The first-order chi connectivity index (χ1) is 5.57. The average Bonchev–Trinajstić information content (AvgIpc) is 2.02. The van der Waals surface area contributed by atoms with Gasteiger partial charge in [-0.1, -0.05) is 0 Å². The van der Waals surface area contributed by atoms with Crippen molar-refractivity contribution in [3.05, 3.63) is 0 Å². The van der Waals surface area contributed by atoms with Crippen molar-refractivity contribution in [2.75, 3.05) is 27.4 Å². The number of hydrogen-bond donors (Lipinski definition) is 1. The van der Waals surface area contributed by atoms with Gasteiger partial charge in [-0.3, -0.25) is 9.63 Å². The number of ether oxygens (including phenoxy) is 1. The van der Waals surface area contributed by atoms with Gasteiger partial charge in [0.05, 0.1) is 7.11 Å². The Morgan fingerprint density at radius 3 is 2.42 bits per heavy atom. The van der Waals surface area contributed by atoms with E-state index in [-0.39, 0.29) is 6.61 Å². The summed E-state index contributed by atoms with van der Waals surface area (Å²) in [6.45, 7) is -0.778. The van der Waals surface area contributed by atoms with Crippen molar-refractivity contribution in [2.24, 2.45) is 0 Å². The number of rotatable bonds is 5. The van der Waals surface area contributed by atoms with Crippen LogP contribution in [0, 0.1) is 0 Å². The zero-order valence-corrected chi connectivity index (χ0v) is 6.94. The summed E-state index contributed by atoms with van der Waals surface area (Å²) in [7, 11) is 2.74. The smallest absolute Gasteiger partial charge is 0.329 e. The van der Waals surface area contributed by atoms with Crippen LogP contribution in [0.3, 0.4) is 0 Å². The number of aliphatic carboxylic acids is 1. The topological polar surface area (TPSA) is 76.1 Å². The van der Waals surface area contributed by atoms with Crippen molar-refractivity contribution in [1.29, 1.82) is 0 Å². The number of carbonyl (C=O) groups is 2. The van der Waals surface area contributed by atoms with Crippen molar-refractivity contribution in [1.82, 2.24) is 5.06 Å². The lowest BCUT2D eigenvalue weighted by Crippen LogP contribution is -2.30. The fraction of sp³-hybridized carbons (Fsp3) is 0.667. The number of nitrogens with zero attached hydrogens (tertiary/aromatic N) is 1. The second kappa shape index (κ2) is 5.50. The molecular weight excluding hydrogens is 166 g/mol. The fourth-order valence-corrected chi connectivity index (χ4v) is 0.418. The fourth-order valence-electron chi connectivity index (χ4n) is 0.418. The third kappa shape index (κ3) is 4.64. The molecule has 6 nitrogen and oxygen atoms in total. The number of carboxylic acid groups (broad SMARTS) is 1. The van der Waals surface area contributed by atoms with Crippen LogP contribution in [0.5, 0.6) is 0 Å². The molecule has 6 heteroatoms. The number of amides is 1. The summed E-state index contributed by atoms with van der Waals surface area (Å²) in [6, 6.07) is 0. The molecule has 0 atom stereocenters. The Balaban J connectivity index is 3.50. The third-order valence-corrected chi connectivity index (χ3v) is 1.08. The van der Waals surface area contributed by atoms with Crippen LogP contribution in [-0.4, -0.2) is 49.4 Å². The molecule has 0 radical (unpaired) electrons. The van der Waals surface area contributed by atoms with Crippen LogP contribution in [-0.2, 0) is 19.2 Å². The van der Waals surface area contributed by atoms with E-state index in [1.807, 2.05) is 0 Å². The first-order valence-corrected chi connectivity index (χ1v) is 3.18. The molecule has 0 rings (SSSR count). The van der Waals surface area contributed by atoms with E-state index in [0.29, 0.717) is 0 Å². The van der Waals surface area contributed by atoms with Crippen LogP contribution in [0.15, 0.2) is 0 Å². The molecular formula is C6H11NO5. The van der Waals surface area contributed by atoms with E-state index in [9.17, 15) is 9.59 Å². The molecule has 1 amide bonds. The summed E-state index contributed by atoms with van der Waals surface area (Å²) in [4.78, 5) is 25.3. The van der Waals surface area contributed by atoms with Gasteiger partial charge < -0.3 is 9.84 Å². The van der Waals surface area contributed by atoms with E-state index >= 15 is 0 Å². The number of hydroxylamine groups is 2. The Kier molecular flexibility index (Phi) is 4.98. The Morgan fingerprint density at radius 2 is 2.00 bits per heavy atom. The van der Waals surface area contributed by atoms with E-state index in [1.54, 1.807) is 0 Å². The van der Waals surface area contributed by atoms with E-state index in [0.717, 1.165) is 5.06 Å². The molecule has 12 heavy (non-hydrogen) atoms. The van der Waals surface area contributed by atoms with Gasteiger partial charge in [-0.25, -0.2) is 9.86 Å². The number of carbonyl (C=O) groups excluding carboxylic acids is 1. The number of hydrogen-bond acceptors (Lipinski definition) is 4. The second-order valence-electron chi connectivity index (χ2n) is 1.96. The predicted molar refractivity (Wildman–Crippen MR) is 38.2 cm³/mol. The molecule has 0 heterocycles. The summed E-state index contributed by atoms with van der Waals surface area (Å²) in [5.74, 6) is -1.54. The van der Waals surface area contributed by atoms with Gasteiger partial charge in [0.15, 0.2) is 0 Å². The first-order valence-electron chi connectivity index (χ1n) is 3.18. The minimum absolute atomic E-state index is 0.295. The molecule has 0 aliphatic rings. The Labute approximate surface area is 69.6 Å². The van der Waals surface area contributed by atoms with Gasteiger partial charge in [-0.05, 0) is 0 Å². The van der Waals surface area contributed by atoms with Gasteiger partial charge in [0.25, 0.3) is 5.91 Å². The Hall–Kier alpha value is -1.14. The largest absolute Gasteiger partial charge is 0.480 e. The predicted octanol–water partition coefficient (Wildman–Crippen LogP) is -0.893. The summed E-state index contributed by atoms with van der Waals surface area (Å²) in [6.07, 6.45) is 0. The summed E-state index contributed by atoms with van der Waals surface area (Å²) >= 11 is 0. The molecule has 0 saturated carbocycles. The highest BCUT2D eigenvalue weighted by Crippen LogP contribution is 1.85. The Morgan fingerprint density at radius 1 is 1.42 bits per heavy atom. The Bertz CT molecular complexity index is 169. The van der Waals surface area contributed by atoms with Crippen LogP contribution < -0.4 is 0 Å². The molecule has 0 saturated heterocycles. The number of carboxylic acids is 1. The maximum absolute atomic E-state index is 10.8. The summed E-state index contributed by atoms with van der Waals surface area (Å²) in [5.41, 5.74) is 0. The van der Waals surface area contributed by atoms with Gasteiger partial charge >= 0.3 is 5.97 Å². The molecule has 0 bridgehead atoms. The lowest BCUT2D eigenvalue weighted by molar-refractivity contribution is -0.174. The standard InChI is InChI=1S/C6H11NO5/c1-7(11-2)5(8)3-12-4-6(9)10/h3-4H2,1-2H3,(H,9,10). The summed E-state index contributed by atoms with van der Waals surface area (Å²) in [5, 5.41) is 9.10. The minimum Gasteiger partial charge on any atom is -0.480 e. The molecule has 0 aromatic heterocycles. The van der Waals surface area contributed by atoms with Gasteiger partial charge in [0.2, 0.25) is 0 Å². The van der Waals surface area contributed by atoms with E-state index in [1.165, 1.54) is 14.2 Å². The van der Waals surface area contributed by atoms with Crippen molar-refractivity contribution in [3.8, 4) is 0 Å². The summed E-state index contributed by atoms with van der Waals surface area (Å²) < 4.78 is 4.51. The van der Waals surface area contributed by atoms with Gasteiger partial charge in [-0.15, -0.1) is 0 Å². The van der Waals surface area contributed by atoms with Crippen molar-refractivity contribution < 1.29 is 24.3 Å². The second-order valence-corrected chi connectivity index (χ2v) is 1.96. The first kappa shape index (κ1) is 10.9. The molecule has 0 fully saturated rings. The van der Waals surface area contributed by atoms with Crippen LogP contribution in [0.4, 0.5) is 0 Å². The highest BCUT2D eigenvalue weighted by Gasteiger charge is 2.08. The van der Waals surface area contributed by atoms with Gasteiger partial charge in [0.1, 0.15) is 13.2 Å². The normalized spacial score (nSPS) is 9.50. The van der Waals surface area contributed by atoms with Crippen molar-refractivity contribution >= 4 is 11.9 Å². The highest BCUT2D eigenvalue weighted by molar-refractivity contribution is 5.76. The molecule has 0 aliphatic carbocycles. The lowest BCUT2D eigenvalue weighted by Gasteiger charge is -2.12. The van der Waals surface area contributed by atoms with Crippen molar-refractivity contribution in [2.45, 2.75) is 0 Å². The average molecular weight is 177 g/mol.